The Kier molecular flexibility index (Phi) is 5.93. The zero-order valence-electron chi connectivity index (χ0n) is 15.5. The number of anilines is 1. The van der Waals surface area contributed by atoms with Crippen molar-refractivity contribution in [3.05, 3.63) is 57.8 Å². The van der Waals surface area contributed by atoms with E-state index in [1.54, 1.807) is 17.5 Å². The number of halogens is 2. The predicted octanol–water partition coefficient (Wildman–Crippen LogP) is 3.88. The standard InChI is InChI=1S/C18H16ClFN4O3S3/c1-24-14(17(25)22-10-4-5-12(20)11(19)7-10)8-13(23-30(24,26)27)18-21-9-16(29-18)15-3-2-6-28-15/h2-7,9,13-14,23H,8H2,1H3,(H,22,25)/t13-,14+/m1/s1. The van der Waals surface area contributed by atoms with Gasteiger partial charge >= 0.3 is 0 Å². The van der Waals surface area contributed by atoms with Crippen molar-refractivity contribution in [3.8, 4) is 9.75 Å². The smallest absolute Gasteiger partial charge is 0.280 e. The van der Waals surface area contributed by atoms with E-state index < -0.39 is 34.0 Å². The van der Waals surface area contributed by atoms with Gasteiger partial charge in [-0.2, -0.15) is 17.4 Å². The number of hydrogen-bond donors (Lipinski definition) is 2. The Hall–Kier alpha value is -1.89. The summed E-state index contributed by atoms with van der Waals surface area (Å²) in [7, 11) is -2.57. The first-order chi connectivity index (χ1) is 14.2. The number of thiophene rings is 1. The molecule has 1 fully saturated rings. The summed E-state index contributed by atoms with van der Waals surface area (Å²) in [5, 5.41) is 5.00. The Bertz CT molecular complexity index is 1180. The molecule has 0 spiro atoms. The van der Waals surface area contributed by atoms with Crippen molar-refractivity contribution < 1.29 is 17.6 Å². The molecule has 2 N–H and O–H groups in total. The Morgan fingerprint density at radius 3 is 2.87 bits per heavy atom. The Morgan fingerprint density at radius 1 is 1.37 bits per heavy atom. The average molecular weight is 487 g/mol. The number of amides is 1. The van der Waals surface area contributed by atoms with Crippen molar-refractivity contribution in [1.82, 2.24) is 14.0 Å². The second-order valence-electron chi connectivity index (χ2n) is 6.60. The fourth-order valence-electron chi connectivity index (χ4n) is 3.05. The van der Waals surface area contributed by atoms with Gasteiger partial charge < -0.3 is 5.32 Å². The number of benzene rings is 1. The number of nitrogens with one attached hydrogen (secondary N) is 2. The van der Waals surface area contributed by atoms with Crippen LogP contribution in [0.2, 0.25) is 5.02 Å². The normalized spacial score (nSPS) is 21.4. The van der Waals surface area contributed by atoms with Gasteiger partial charge in [-0.15, -0.1) is 22.7 Å². The minimum absolute atomic E-state index is 0.138. The first-order valence-corrected chi connectivity index (χ1v) is 12.3. The SMILES string of the molecule is CN1[C@H](C(=O)Nc2ccc(F)c(Cl)c2)C[C@H](c2ncc(-c3cccs3)s2)NS1(=O)=O. The van der Waals surface area contributed by atoms with Crippen LogP contribution in [0.5, 0.6) is 0 Å². The van der Waals surface area contributed by atoms with Crippen LogP contribution in [0.3, 0.4) is 0 Å². The molecule has 1 saturated heterocycles. The summed E-state index contributed by atoms with van der Waals surface area (Å²) in [6.45, 7) is 0. The number of carbonyl (C=O) groups excluding carboxylic acids is 1. The molecule has 0 unspecified atom stereocenters. The van der Waals surface area contributed by atoms with Gasteiger partial charge in [0.15, 0.2) is 0 Å². The molecule has 0 saturated carbocycles. The van der Waals surface area contributed by atoms with Gasteiger partial charge in [-0.25, -0.2) is 9.37 Å². The third-order valence-electron chi connectivity index (χ3n) is 4.64. The molecule has 2 atom stereocenters. The quantitative estimate of drug-likeness (QED) is 0.585. The molecule has 0 bridgehead atoms. The monoisotopic (exact) mass is 486 g/mol. The Morgan fingerprint density at radius 2 is 2.17 bits per heavy atom. The van der Waals surface area contributed by atoms with Crippen LogP contribution in [0.4, 0.5) is 10.1 Å². The van der Waals surface area contributed by atoms with E-state index in [1.165, 1.54) is 30.5 Å². The lowest BCUT2D eigenvalue weighted by Gasteiger charge is -2.35. The van der Waals surface area contributed by atoms with E-state index in [9.17, 15) is 17.6 Å². The first-order valence-electron chi connectivity index (χ1n) is 8.75. The average Bonchev–Trinajstić information content (AvgIpc) is 3.38. The second-order valence-corrected chi connectivity index (χ2v) is 10.8. The lowest BCUT2D eigenvalue weighted by molar-refractivity contribution is -0.120. The van der Waals surface area contributed by atoms with Crippen LogP contribution >= 0.6 is 34.3 Å². The molecule has 2 aromatic heterocycles. The molecule has 0 radical (unpaired) electrons. The summed E-state index contributed by atoms with van der Waals surface area (Å²) in [5.41, 5.74) is 0.279. The van der Waals surface area contributed by atoms with Crippen LogP contribution in [-0.2, 0) is 15.0 Å². The van der Waals surface area contributed by atoms with E-state index in [4.69, 9.17) is 11.6 Å². The van der Waals surface area contributed by atoms with Gasteiger partial charge in [0, 0.05) is 23.8 Å². The second kappa shape index (κ2) is 8.33. The summed E-state index contributed by atoms with van der Waals surface area (Å²) in [5.74, 6) is -1.15. The minimum Gasteiger partial charge on any atom is -0.325 e. The third kappa shape index (κ3) is 4.27. The number of aromatic nitrogens is 1. The van der Waals surface area contributed by atoms with Crippen molar-refractivity contribution in [2.75, 3.05) is 12.4 Å². The lowest BCUT2D eigenvalue weighted by atomic mass is 10.1. The number of rotatable bonds is 4. The van der Waals surface area contributed by atoms with Crippen molar-refractivity contribution in [3.63, 3.8) is 0 Å². The summed E-state index contributed by atoms with van der Waals surface area (Å²) >= 11 is 8.71. The summed E-state index contributed by atoms with van der Waals surface area (Å²) in [6, 6.07) is 6.04. The van der Waals surface area contributed by atoms with Gasteiger partial charge in [0.25, 0.3) is 10.2 Å². The molecule has 1 aromatic carbocycles. The number of nitrogens with zero attached hydrogens (tertiary/aromatic N) is 2. The van der Waals surface area contributed by atoms with E-state index in [2.05, 4.69) is 15.0 Å². The van der Waals surface area contributed by atoms with Gasteiger partial charge in [0.1, 0.15) is 16.9 Å². The molecule has 0 aliphatic carbocycles. The molecule has 1 aliphatic rings. The lowest BCUT2D eigenvalue weighted by Crippen LogP contribution is -2.55. The maximum Gasteiger partial charge on any atom is 0.280 e. The number of hydrogen-bond acceptors (Lipinski definition) is 6. The van der Waals surface area contributed by atoms with E-state index in [-0.39, 0.29) is 17.1 Å². The molecular formula is C18H16ClFN4O3S3. The van der Waals surface area contributed by atoms with E-state index in [0.29, 0.717) is 5.01 Å². The fraction of sp³-hybridized carbons (Fsp3) is 0.222. The van der Waals surface area contributed by atoms with Crippen LogP contribution in [0.25, 0.3) is 9.75 Å². The Labute approximate surface area is 185 Å². The van der Waals surface area contributed by atoms with Gasteiger partial charge in [0.2, 0.25) is 5.91 Å². The van der Waals surface area contributed by atoms with E-state index >= 15 is 0 Å². The van der Waals surface area contributed by atoms with Gasteiger partial charge in [-0.1, -0.05) is 17.7 Å². The molecule has 30 heavy (non-hydrogen) atoms. The van der Waals surface area contributed by atoms with Crippen LogP contribution < -0.4 is 10.0 Å². The molecule has 7 nitrogen and oxygen atoms in total. The van der Waals surface area contributed by atoms with Crippen LogP contribution in [0, 0.1) is 5.82 Å². The summed E-state index contributed by atoms with van der Waals surface area (Å²) in [4.78, 5) is 19.2. The summed E-state index contributed by atoms with van der Waals surface area (Å²) in [6.07, 6.45) is 1.89. The third-order valence-corrected chi connectivity index (χ3v) is 8.71. The summed E-state index contributed by atoms with van der Waals surface area (Å²) < 4.78 is 42.1. The largest absolute Gasteiger partial charge is 0.325 e. The molecule has 3 aromatic rings. The van der Waals surface area contributed by atoms with E-state index in [1.807, 2.05) is 17.5 Å². The fourth-order valence-corrected chi connectivity index (χ4v) is 6.36. The molecule has 158 valence electrons. The van der Waals surface area contributed by atoms with Gasteiger partial charge in [0.05, 0.1) is 15.9 Å². The highest BCUT2D eigenvalue weighted by atomic mass is 35.5. The van der Waals surface area contributed by atoms with Crippen molar-refractivity contribution >= 4 is 56.1 Å². The number of carbonyl (C=O) groups is 1. The molecule has 1 amide bonds. The zero-order chi connectivity index (χ0) is 21.5. The van der Waals surface area contributed by atoms with Crippen LogP contribution in [-0.4, -0.2) is 36.7 Å². The zero-order valence-corrected chi connectivity index (χ0v) is 18.7. The van der Waals surface area contributed by atoms with Crippen molar-refractivity contribution in [2.45, 2.75) is 18.5 Å². The van der Waals surface area contributed by atoms with Crippen LogP contribution in [0.1, 0.15) is 17.5 Å². The molecular weight excluding hydrogens is 471 g/mol. The maximum absolute atomic E-state index is 13.4. The molecule has 3 heterocycles. The maximum atomic E-state index is 13.4. The minimum atomic E-state index is -3.90. The molecule has 12 heteroatoms. The molecule has 4 rings (SSSR count). The van der Waals surface area contributed by atoms with Crippen molar-refractivity contribution in [2.24, 2.45) is 0 Å². The number of thiazole rings is 1. The van der Waals surface area contributed by atoms with Gasteiger partial charge in [-0.05, 0) is 36.1 Å². The highest BCUT2D eigenvalue weighted by Crippen LogP contribution is 2.36. The van der Waals surface area contributed by atoms with Crippen molar-refractivity contribution in [1.29, 1.82) is 0 Å². The predicted molar refractivity (Wildman–Crippen MR) is 116 cm³/mol. The first kappa shape index (κ1) is 21.3. The topological polar surface area (TPSA) is 91.4 Å². The van der Waals surface area contributed by atoms with Gasteiger partial charge in [-0.3, -0.25) is 4.79 Å². The van der Waals surface area contributed by atoms with E-state index in [0.717, 1.165) is 20.1 Å². The van der Waals surface area contributed by atoms with Crippen LogP contribution in [0.15, 0.2) is 41.9 Å². The Balaban J connectivity index is 1.57. The highest BCUT2D eigenvalue weighted by molar-refractivity contribution is 7.87. The number of likely N-dealkylation sites (N-methyl/N-ethyl adjacent to an activating group) is 1. The molecule has 1 aliphatic heterocycles. The highest BCUT2D eigenvalue weighted by Gasteiger charge is 2.41.